The van der Waals surface area contributed by atoms with Crippen LogP contribution in [0.25, 0.3) is 11.4 Å². The summed E-state index contributed by atoms with van der Waals surface area (Å²) in [6, 6.07) is 8.35. The molecule has 1 aromatic heterocycles. The third kappa shape index (κ3) is 3.34. The molecule has 4 heterocycles. The molecular weight excluding hydrogens is 398 g/mol. The first-order chi connectivity index (χ1) is 15.1. The molecule has 0 unspecified atom stereocenters. The van der Waals surface area contributed by atoms with E-state index in [0.29, 0.717) is 31.9 Å². The Labute approximate surface area is 178 Å². The Morgan fingerprint density at radius 1 is 1.35 bits per heavy atom. The predicted molar refractivity (Wildman–Crippen MR) is 109 cm³/mol. The lowest BCUT2D eigenvalue weighted by atomic mass is 10.1. The molecule has 2 aromatic rings. The number of fused-ring (bicyclic) bond motifs is 2. The fraction of sp³-hybridized carbons (Fsp3) is 0.500. The summed E-state index contributed by atoms with van der Waals surface area (Å²) in [6.45, 7) is 1.57. The number of carbonyl (C=O) groups is 2. The summed E-state index contributed by atoms with van der Waals surface area (Å²) in [5.41, 5.74) is 7.84. The van der Waals surface area contributed by atoms with Gasteiger partial charge in [0.25, 0.3) is 0 Å². The van der Waals surface area contributed by atoms with Gasteiger partial charge in [-0.3, -0.25) is 14.5 Å². The zero-order valence-corrected chi connectivity index (χ0v) is 16.9. The number of carbonyl (C=O) groups excluding carboxylic acids is 2. The van der Waals surface area contributed by atoms with Gasteiger partial charge in [0.15, 0.2) is 0 Å². The number of nitrogens with zero attached hydrogens (tertiary/aromatic N) is 7. The molecule has 3 fully saturated rings. The second-order valence-corrected chi connectivity index (χ2v) is 8.28. The van der Waals surface area contributed by atoms with Crippen LogP contribution < -0.4 is 10.6 Å². The van der Waals surface area contributed by atoms with Crippen LogP contribution >= 0.6 is 0 Å². The van der Waals surface area contributed by atoms with E-state index in [1.54, 1.807) is 4.90 Å². The standard InChI is InChI=1S/C20H23N9O2/c21-9-14-2-1-7-28(14)19(30)16(22)11-27-10-15-8-17(27)20(31)29(15)13-5-3-12(4-6-13)18-23-25-26-24-18/h3-6,14-17H,1-2,7-8,10-11,22H2,(H,23,24,25,26)/t14-,15+,16-,17+/m0/s1. The number of aromatic nitrogens is 4. The molecule has 0 radical (unpaired) electrons. The van der Waals surface area contributed by atoms with Crippen molar-refractivity contribution in [1.29, 1.82) is 5.26 Å². The van der Waals surface area contributed by atoms with Gasteiger partial charge in [-0.15, -0.1) is 10.2 Å². The third-order valence-electron chi connectivity index (χ3n) is 6.45. The van der Waals surface area contributed by atoms with E-state index in [1.165, 1.54) is 0 Å². The Morgan fingerprint density at radius 3 is 2.84 bits per heavy atom. The number of likely N-dealkylation sites (tertiary alicyclic amines) is 2. The molecule has 3 saturated heterocycles. The van der Waals surface area contributed by atoms with Crippen molar-refractivity contribution >= 4 is 17.5 Å². The second-order valence-electron chi connectivity index (χ2n) is 8.28. The number of nitrogens with two attached hydrogens (primary N) is 1. The van der Waals surface area contributed by atoms with Crippen LogP contribution in [0, 0.1) is 11.3 Å². The number of benzene rings is 1. The van der Waals surface area contributed by atoms with Crippen LogP contribution in [0.2, 0.25) is 0 Å². The van der Waals surface area contributed by atoms with Crippen molar-refractivity contribution in [3.8, 4) is 17.5 Å². The molecule has 3 aliphatic rings. The number of nitrogens with one attached hydrogen (secondary N) is 1. The molecule has 0 saturated carbocycles. The van der Waals surface area contributed by atoms with Gasteiger partial charge < -0.3 is 15.5 Å². The summed E-state index contributed by atoms with van der Waals surface area (Å²) in [4.78, 5) is 31.2. The molecule has 11 nitrogen and oxygen atoms in total. The molecule has 11 heteroatoms. The molecule has 5 rings (SSSR count). The SMILES string of the molecule is N#C[C@@H]1CCCN1C(=O)[C@@H](N)CN1C[C@H]2C[C@@H]1C(=O)N2c1ccc(-c2nn[nH]n2)cc1. The van der Waals surface area contributed by atoms with Crippen molar-refractivity contribution < 1.29 is 9.59 Å². The zero-order chi connectivity index (χ0) is 21.5. The highest BCUT2D eigenvalue weighted by Crippen LogP contribution is 2.36. The van der Waals surface area contributed by atoms with E-state index >= 15 is 0 Å². The highest BCUT2D eigenvalue weighted by atomic mass is 16.2. The van der Waals surface area contributed by atoms with Gasteiger partial charge in [-0.05, 0) is 48.7 Å². The number of nitriles is 1. The minimum Gasteiger partial charge on any atom is -0.325 e. The van der Waals surface area contributed by atoms with E-state index in [0.717, 1.165) is 24.1 Å². The number of rotatable bonds is 5. The number of hydrogen-bond donors (Lipinski definition) is 2. The largest absolute Gasteiger partial charge is 0.325 e. The van der Waals surface area contributed by atoms with Gasteiger partial charge in [-0.25, -0.2) is 0 Å². The Hall–Kier alpha value is -3.36. The highest BCUT2D eigenvalue weighted by Gasteiger charge is 2.50. The zero-order valence-electron chi connectivity index (χ0n) is 16.9. The summed E-state index contributed by atoms with van der Waals surface area (Å²) in [7, 11) is 0. The minimum atomic E-state index is -0.733. The molecule has 2 amide bonds. The predicted octanol–water partition coefficient (Wildman–Crippen LogP) is -0.502. The smallest absolute Gasteiger partial charge is 0.244 e. The molecule has 4 atom stereocenters. The summed E-state index contributed by atoms with van der Waals surface area (Å²) in [5.74, 6) is 0.328. The first-order valence-corrected chi connectivity index (χ1v) is 10.4. The van der Waals surface area contributed by atoms with Gasteiger partial charge in [0.2, 0.25) is 17.6 Å². The van der Waals surface area contributed by atoms with Crippen LogP contribution in [0.3, 0.4) is 0 Å². The minimum absolute atomic E-state index is 0.0271. The Bertz CT molecular complexity index is 1020. The Kier molecular flexibility index (Phi) is 4.88. The Balaban J connectivity index is 1.23. The van der Waals surface area contributed by atoms with E-state index in [1.807, 2.05) is 34.1 Å². The van der Waals surface area contributed by atoms with E-state index in [4.69, 9.17) is 5.73 Å². The fourth-order valence-corrected chi connectivity index (χ4v) is 4.97. The van der Waals surface area contributed by atoms with Crippen molar-refractivity contribution in [3.05, 3.63) is 24.3 Å². The van der Waals surface area contributed by atoms with Gasteiger partial charge in [0.05, 0.1) is 24.2 Å². The quantitative estimate of drug-likeness (QED) is 0.656. The first kappa shape index (κ1) is 19.6. The summed E-state index contributed by atoms with van der Waals surface area (Å²) in [6.07, 6.45) is 2.24. The lowest BCUT2D eigenvalue weighted by Gasteiger charge is -2.35. The van der Waals surface area contributed by atoms with Crippen LogP contribution in [0.1, 0.15) is 19.3 Å². The van der Waals surface area contributed by atoms with Crippen LogP contribution in [0.5, 0.6) is 0 Å². The molecule has 0 aliphatic carbocycles. The average molecular weight is 421 g/mol. The molecule has 1 aromatic carbocycles. The summed E-state index contributed by atoms with van der Waals surface area (Å²) < 4.78 is 0. The van der Waals surface area contributed by atoms with E-state index in [9.17, 15) is 14.9 Å². The van der Waals surface area contributed by atoms with Crippen LogP contribution in [-0.4, -0.2) is 86.0 Å². The molecule has 3 N–H and O–H groups in total. The van der Waals surface area contributed by atoms with Gasteiger partial charge >= 0.3 is 0 Å². The number of tetrazole rings is 1. The summed E-state index contributed by atoms with van der Waals surface area (Å²) >= 11 is 0. The Morgan fingerprint density at radius 2 is 2.16 bits per heavy atom. The van der Waals surface area contributed by atoms with Gasteiger partial charge in [0.1, 0.15) is 6.04 Å². The highest BCUT2D eigenvalue weighted by molar-refractivity contribution is 6.01. The maximum absolute atomic E-state index is 13.1. The van der Waals surface area contributed by atoms with Crippen LogP contribution in [0.4, 0.5) is 5.69 Å². The maximum Gasteiger partial charge on any atom is 0.244 e. The van der Waals surface area contributed by atoms with Gasteiger partial charge in [-0.2, -0.15) is 10.5 Å². The van der Waals surface area contributed by atoms with E-state index < -0.39 is 6.04 Å². The number of anilines is 1. The molecule has 160 valence electrons. The second kappa shape index (κ2) is 7.72. The van der Waals surface area contributed by atoms with Crippen molar-refractivity contribution in [2.24, 2.45) is 5.73 Å². The number of piperazine rings is 1. The normalized spacial score (nSPS) is 26.5. The van der Waals surface area contributed by atoms with Crippen molar-refractivity contribution in [2.45, 2.75) is 43.4 Å². The molecule has 3 aliphatic heterocycles. The van der Waals surface area contributed by atoms with Gasteiger partial charge in [0, 0.05) is 30.9 Å². The monoisotopic (exact) mass is 421 g/mol. The molecule has 2 bridgehead atoms. The van der Waals surface area contributed by atoms with Gasteiger partial charge in [-0.1, -0.05) is 0 Å². The first-order valence-electron chi connectivity index (χ1n) is 10.4. The lowest BCUT2D eigenvalue weighted by molar-refractivity contribution is -0.134. The van der Waals surface area contributed by atoms with Crippen molar-refractivity contribution in [3.63, 3.8) is 0 Å². The van der Waals surface area contributed by atoms with E-state index in [-0.39, 0.29) is 29.9 Å². The van der Waals surface area contributed by atoms with Crippen LogP contribution in [0.15, 0.2) is 24.3 Å². The third-order valence-corrected chi connectivity index (χ3v) is 6.45. The topological polar surface area (TPSA) is 148 Å². The van der Waals surface area contributed by atoms with Crippen molar-refractivity contribution in [2.75, 3.05) is 24.5 Å². The molecule has 0 spiro atoms. The molecule has 31 heavy (non-hydrogen) atoms. The number of aromatic amines is 1. The lowest BCUT2D eigenvalue weighted by Crippen LogP contribution is -2.56. The van der Waals surface area contributed by atoms with Crippen molar-refractivity contribution in [1.82, 2.24) is 30.4 Å². The van der Waals surface area contributed by atoms with E-state index in [2.05, 4.69) is 26.7 Å². The number of amides is 2. The number of H-pyrrole nitrogens is 1. The number of hydrogen-bond acceptors (Lipinski definition) is 8. The summed E-state index contributed by atoms with van der Waals surface area (Å²) in [5, 5.41) is 23.1. The average Bonchev–Trinajstić information content (AvgIpc) is 3.57. The molecular formula is C20H23N9O2. The maximum atomic E-state index is 13.1. The fourth-order valence-electron chi connectivity index (χ4n) is 4.97. The van der Waals surface area contributed by atoms with Crippen LogP contribution in [-0.2, 0) is 9.59 Å².